The minimum Gasteiger partial charge on any atom is -0.289 e. The van der Waals surface area contributed by atoms with E-state index < -0.39 is 0 Å². The molecule has 2 aromatic carbocycles. The molecule has 0 radical (unpaired) electrons. The third kappa shape index (κ3) is 3.26. The van der Waals surface area contributed by atoms with Crippen LogP contribution < -0.4 is 0 Å². The number of pyridine rings is 1. The summed E-state index contributed by atoms with van der Waals surface area (Å²) in [5, 5.41) is 2.21. The summed E-state index contributed by atoms with van der Waals surface area (Å²) < 4.78 is 0.964. The lowest BCUT2D eigenvalue weighted by Crippen LogP contribution is -1.93. The highest BCUT2D eigenvalue weighted by molar-refractivity contribution is 9.10. The number of halogens is 1. The van der Waals surface area contributed by atoms with E-state index in [2.05, 4.69) is 20.9 Å². The van der Waals surface area contributed by atoms with E-state index in [0.717, 1.165) is 20.8 Å². The average Bonchev–Trinajstić information content (AvgIpc) is 2.53. The van der Waals surface area contributed by atoms with Gasteiger partial charge < -0.3 is 0 Å². The molecule has 0 saturated heterocycles. The maximum Gasteiger partial charge on any atom is 0.185 e. The van der Waals surface area contributed by atoms with Gasteiger partial charge in [-0.3, -0.25) is 9.78 Å². The Morgan fingerprint density at radius 3 is 2.62 bits per heavy atom. The largest absolute Gasteiger partial charge is 0.289 e. The number of carbonyl (C=O) groups excluding carboxylic acids is 1. The van der Waals surface area contributed by atoms with Crippen LogP contribution in [-0.2, 0) is 0 Å². The molecule has 0 unspecified atom stereocenters. The van der Waals surface area contributed by atoms with Crippen LogP contribution in [0.4, 0.5) is 0 Å². The minimum absolute atomic E-state index is 0.00248. The van der Waals surface area contributed by atoms with Crippen molar-refractivity contribution < 1.29 is 4.79 Å². The summed E-state index contributed by atoms with van der Waals surface area (Å²) in [7, 11) is 0. The Morgan fingerprint density at radius 1 is 1.00 bits per heavy atom. The summed E-state index contributed by atoms with van der Waals surface area (Å²) in [6.07, 6.45) is 7.04. The first kappa shape index (κ1) is 13.7. The maximum absolute atomic E-state index is 12.1. The first-order valence-corrected chi connectivity index (χ1v) is 7.33. The molecular formula is C18H12BrNO. The number of aromatic nitrogens is 1. The van der Waals surface area contributed by atoms with Crippen molar-refractivity contribution in [1.82, 2.24) is 4.98 Å². The first-order valence-electron chi connectivity index (χ1n) is 6.54. The van der Waals surface area contributed by atoms with Crippen molar-refractivity contribution in [3.8, 4) is 0 Å². The Labute approximate surface area is 131 Å². The predicted molar refractivity (Wildman–Crippen MR) is 89.2 cm³/mol. The molecule has 0 spiro atoms. The zero-order valence-corrected chi connectivity index (χ0v) is 12.7. The lowest BCUT2D eigenvalue weighted by atomic mass is 10.1. The number of rotatable bonds is 3. The van der Waals surface area contributed by atoms with Gasteiger partial charge >= 0.3 is 0 Å². The summed E-state index contributed by atoms with van der Waals surface area (Å²) in [6.45, 7) is 0. The average molecular weight is 338 g/mol. The monoisotopic (exact) mass is 337 g/mol. The molecule has 2 nitrogen and oxygen atoms in total. The highest BCUT2D eigenvalue weighted by Crippen LogP contribution is 2.16. The second-order valence-electron chi connectivity index (χ2n) is 4.69. The van der Waals surface area contributed by atoms with Crippen molar-refractivity contribution in [2.24, 2.45) is 0 Å². The highest BCUT2D eigenvalue weighted by atomic mass is 79.9. The van der Waals surface area contributed by atoms with Crippen molar-refractivity contribution in [3.63, 3.8) is 0 Å². The molecule has 0 bridgehead atoms. The molecule has 0 aliphatic heterocycles. The van der Waals surface area contributed by atoms with E-state index in [-0.39, 0.29) is 5.78 Å². The summed E-state index contributed by atoms with van der Waals surface area (Å²) in [5.41, 5.74) is 1.68. The molecule has 0 saturated carbocycles. The van der Waals surface area contributed by atoms with E-state index in [1.54, 1.807) is 12.3 Å². The summed E-state index contributed by atoms with van der Waals surface area (Å²) in [4.78, 5) is 16.2. The van der Waals surface area contributed by atoms with Crippen molar-refractivity contribution in [2.45, 2.75) is 0 Å². The second-order valence-corrected chi connectivity index (χ2v) is 5.60. The van der Waals surface area contributed by atoms with Crippen LogP contribution in [0.1, 0.15) is 15.9 Å². The molecule has 3 heteroatoms. The quantitative estimate of drug-likeness (QED) is 0.503. The van der Waals surface area contributed by atoms with E-state index in [9.17, 15) is 4.79 Å². The third-order valence-corrected chi connectivity index (χ3v) is 3.75. The van der Waals surface area contributed by atoms with Gasteiger partial charge in [0.2, 0.25) is 0 Å². The fourth-order valence-corrected chi connectivity index (χ4v) is 2.35. The predicted octanol–water partition coefficient (Wildman–Crippen LogP) is 4.89. The van der Waals surface area contributed by atoms with E-state index in [1.807, 2.05) is 60.8 Å². The molecule has 1 heterocycles. The van der Waals surface area contributed by atoms with Crippen molar-refractivity contribution in [1.29, 1.82) is 0 Å². The Kier molecular flexibility index (Phi) is 3.93. The Morgan fingerprint density at radius 2 is 1.81 bits per heavy atom. The fourth-order valence-electron chi connectivity index (χ4n) is 2.09. The Hall–Kier alpha value is -2.26. The second kappa shape index (κ2) is 6.02. The lowest BCUT2D eigenvalue weighted by Gasteiger charge is -1.99. The first-order chi connectivity index (χ1) is 10.2. The topological polar surface area (TPSA) is 30.0 Å². The van der Waals surface area contributed by atoms with Gasteiger partial charge in [-0.2, -0.15) is 0 Å². The van der Waals surface area contributed by atoms with Gasteiger partial charge in [-0.05, 0) is 53.4 Å². The normalized spacial score (nSPS) is 11.1. The van der Waals surface area contributed by atoms with Gasteiger partial charge in [0.25, 0.3) is 0 Å². The maximum atomic E-state index is 12.1. The number of fused-ring (bicyclic) bond motifs is 1. The van der Waals surface area contributed by atoms with Crippen LogP contribution in [0.2, 0.25) is 0 Å². The number of hydrogen-bond donors (Lipinski definition) is 0. The van der Waals surface area contributed by atoms with Crippen LogP contribution in [0.15, 0.2) is 71.5 Å². The van der Waals surface area contributed by atoms with Crippen LogP contribution in [0, 0.1) is 0 Å². The van der Waals surface area contributed by atoms with E-state index >= 15 is 0 Å². The Bertz CT molecular complexity index is 822. The number of ketones is 1. The molecular weight excluding hydrogens is 326 g/mol. The molecule has 21 heavy (non-hydrogen) atoms. The van der Waals surface area contributed by atoms with Gasteiger partial charge in [0.05, 0.1) is 0 Å². The van der Waals surface area contributed by atoms with Gasteiger partial charge in [-0.1, -0.05) is 34.1 Å². The minimum atomic E-state index is -0.00248. The standard InChI is InChI=1S/C18H12BrNO/c19-17-6-4-14(5-7-17)18(21)8-2-13-1-3-16-12-20-10-9-15(16)11-13/h1-12H/b8-2+. The van der Waals surface area contributed by atoms with E-state index in [0.29, 0.717) is 5.56 Å². The molecule has 0 aliphatic carbocycles. The smallest absolute Gasteiger partial charge is 0.185 e. The molecule has 3 aromatic rings. The van der Waals surface area contributed by atoms with Crippen molar-refractivity contribution in [2.75, 3.05) is 0 Å². The number of allylic oxidation sites excluding steroid dienone is 1. The molecule has 0 atom stereocenters. The molecule has 0 N–H and O–H groups in total. The summed E-state index contributed by atoms with van der Waals surface area (Å²) >= 11 is 3.36. The van der Waals surface area contributed by atoms with Crippen molar-refractivity contribution in [3.05, 3.63) is 82.6 Å². The van der Waals surface area contributed by atoms with Crippen LogP contribution in [0.3, 0.4) is 0 Å². The molecule has 0 aliphatic rings. The molecule has 0 fully saturated rings. The summed E-state index contributed by atoms with van der Waals surface area (Å²) in [6, 6.07) is 15.3. The molecule has 1 aromatic heterocycles. The Balaban J connectivity index is 1.83. The third-order valence-electron chi connectivity index (χ3n) is 3.22. The molecule has 3 rings (SSSR count). The van der Waals surface area contributed by atoms with Gasteiger partial charge in [-0.15, -0.1) is 0 Å². The molecule has 0 amide bonds. The van der Waals surface area contributed by atoms with E-state index in [1.165, 1.54) is 0 Å². The van der Waals surface area contributed by atoms with Gasteiger partial charge in [0.15, 0.2) is 5.78 Å². The highest BCUT2D eigenvalue weighted by Gasteiger charge is 2.01. The van der Waals surface area contributed by atoms with Gasteiger partial charge in [0, 0.05) is 27.8 Å². The zero-order chi connectivity index (χ0) is 14.7. The number of carbonyl (C=O) groups is 1. The van der Waals surface area contributed by atoms with Crippen LogP contribution in [0.5, 0.6) is 0 Å². The van der Waals surface area contributed by atoms with Crippen LogP contribution in [0.25, 0.3) is 16.8 Å². The van der Waals surface area contributed by atoms with Gasteiger partial charge in [-0.25, -0.2) is 0 Å². The van der Waals surface area contributed by atoms with Crippen LogP contribution in [-0.4, -0.2) is 10.8 Å². The SMILES string of the molecule is O=C(/C=C/c1ccc2cnccc2c1)c1ccc(Br)cc1. The lowest BCUT2D eigenvalue weighted by molar-refractivity contribution is 0.104. The number of hydrogen-bond acceptors (Lipinski definition) is 2. The van der Waals surface area contributed by atoms with Crippen LogP contribution >= 0.6 is 15.9 Å². The number of benzene rings is 2. The summed E-state index contributed by atoms with van der Waals surface area (Å²) in [5.74, 6) is -0.00248. The van der Waals surface area contributed by atoms with Gasteiger partial charge in [0.1, 0.15) is 0 Å². The van der Waals surface area contributed by atoms with Crippen molar-refractivity contribution >= 4 is 38.6 Å². The zero-order valence-electron chi connectivity index (χ0n) is 11.2. The molecule has 102 valence electrons. The van der Waals surface area contributed by atoms with E-state index in [4.69, 9.17) is 0 Å². The fraction of sp³-hybridized carbons (Fsp3) is 0. The number of nitrogens with zero attached hydrogens (tertiary/aromatic N) is 1.